The second kappa shape index (κ2) is 14.2. The van der Waals surface area contributed by atoms with E-state index >= 15 is 0 Å². The van der Waals surface area contributed by atoms with Crippen LogP contribution >= 0.6 is 23.1 Å². The molecule has 0 saturated heterocycles. The predicted octanol–water partition coefficient (Wildman–Crippen LogP) is 8.31. The summed E-state index contributed by atoms with van der Waals surface area (Å²) in [7, 11) is 0. The van der Waals surface area contributed by atoms with E-state index in [9.17, 15) is 18.0 Å². The van der Waals surface area contributed by atoms with Crippen LogP contribution in [0.1, 0.15) is 34.5 Å². The van der Waals surface area contributed by atoms with E-state index in [0.717, 1.165) is 33.0 Å². The minimum absolute atomic E-state index is 0.160. The van der Waals surface area contributed by atoms with Crippen molar-refractivity contribution in [3.05, 3.63) is 94.3 Å². The zero-order chi connectivity index (χ0) is 32.0. The molecule has 0 aliphatic carbocycles. The van der Waals surface area contributed by atoms with Gasteiger partial charge in [0.1, 0.15) is 23.1 Å². The lowest BCUT2D eigenvalue weighted by molar-refractivity contribution is -0.145. The van der Waals surface area contributed by atoms with Gasteiger partial charge in [0.2, 0.25) is 11.7 Å². The first-order chi connectivity index (χ1) is 21.6. The monoisotopic (exact) mass is 655 g/mol. The first-order valence-corrected chi connectivity index (χ1v) is 15.6. The summed E-state index contributed by atoms with van der Waals surface area (Å²) in [5.41, 5.74) is 2.20. The van der Waals surface area contributed by atoms with Crippen molar-refractivity contribution in [1.82, 2.24) is 15.1 Å². The van der Waals surface area contributed by atoms with Crippen LogP contribution in [-0.4, -0.2) is 34.3 Å². The molecule has 2 heterocycles. The molecule has 0 aliphatic heterocycles. The number of halogens is 3. The molecule has 0 atom stereocenters. The van der Waals surface area contributed by atoms with Crippen molar-refractivity contribution >= 4 is 29.1 Å². The van der Waals surface area contributed by atoms with Crippen molar-refractivity contribution < 1.29 is 36.7 Å². The maximum absolute atomic E-state index is 13.1. The lowest BCUT2D eigenvalue weighted by atomic mass is 10.1. The highest BCUT2D eigenvalue weighted by molar-refractivity contribution is 7.98. The Kier molecular flexibility index (Phi) is 10.1. The van der Waals surface area contributed by atoms with Crippen molar-refractivity contribution in [2.75, 3.05) is 13.2 Å². The molecule has 234 valence electrons. The van der Waals surface area contributed by atoms with Gasteiger partial charge in [0.05, 0.1) is 17.9 Å². The zero-order valence-corrected chi connectivity index (χ0v) is 26.1. The summed E-state index contributed by atoms with van der Waals surface area (Å²) in [6.45, 7) is 5.62. The molecule has 0 saturated carbocycles. The van der Waals surface area contributed by atoms with E-state index in [1.807, 2.05) is 31.2 Å². The van der Waals surface area contributed by atoms with Crippen LogP contribution in [0.2, 0.25) is 0 Å². The molecule has 0 amide bonds. The molecule has 8 nitrogen and oxygen atoms in total. The number of hydrogen-bond donors (Lipinski definition) is 0. The van der Waals surface area contributed by atoms with E-state index < -0.39 is 17.7 Å². The minimum atomic E-state index is -4.42. The molecule has 2 aromatic heterocycles. The molecule has 45 heavy (non-hydrogen) atoms. The lowest BCUT2D eigenvalue weighted by Gasteiger charge is -2.10. The lowest BCUT2D eigenvalue weighted by Crippen LogP contribution is -2.14. The predicted molar refractivity (Wildman–Crippen MR) is 164 cm³/mol. The van der Waals surface area contributed by atoms with E-state index in [2.05, 4.69) is 10.1 Å². The number of ether oxygens (including phenoxy) is 3. The Labute approximate surface area is 265 Å². The van der Waals surface area contributed by atoms with Gasteiger partial charge < -0.3 is 18.7 Å². The number of esters is 1. The van der Waals surface area contributed by atoms with Gasteiger partial charge in [-0.25, -0.2) is 9.78 Å². The second-order valence-electron chi connectivity index (χ2n) is 9.72. The third kappa shape index (κ3) is 8.43. The van der Waals surface area contributed by atoms with Gasteiger partial charge in [-0.1, -0.05) is 17.3 Å². The third-order valence-corrected chi connectivity index (χ3v) is 8.77. The molecule has 3 aromatic carbocycles. The number of alkyl halides is 3. The Bertz CT molecular complexity index is 1750. The van der Waals surface area contributed by atoms with Crippen LogP contribution in [0.15, 0.2) is 76.1 Å². The molecule has 0 fully saturated rings. The summed E-state index contributed by atoms with van der Waals surface area (Å²) in [6.07, 6.45) is -4.42. The molecule has 0 N–H and O–H groups in total. The number of aryl methyl sites for hydroxylation is 2. The normalized spacial score (nSPS) is 11.4. The van der Waals surface area contributed by atoms with E-state index in [1.165, 1.54) is 23.5 Å². The standard InChI is InChI=1S/C32H28F3N3O5S2/c1-4-40-29(39)17-42-27-14-13-25(15-19(27)2)44-18-28-26(37-31(45-28)22-5-9-23(10-6-22)32(33,34)35)16-41-24-11-7-21(8-12-24)30-36-20(3)43-38-30/h5-15H,4,16-18H2,1-3H3. The first kappa shape index (κ1) is 32.0. The number of thiazole rings is 1. The molecule has 0 bridgehead atoms. The Balaban J connectivity index is 1.32. The van der Waals surface area contributed by atoms with Crippen LogP contribution in [0, 0.1) is 13.8 Å². The summed E-state index contributed by atoms with van der Waals surface area (Å²) in [4.78, 5) is 22.5. The van der Waals surface area contributed by atoms with Gasteiger partial charge in [-0.05, 0) is 74.0 Å². The first-order valence-electron chi connectivity index (χ1n) is 13.8. The average Bonchev–Trinajstić information content (AvgIpc) is 3.64. The number of thioether (sulfide) groups is 1. The van der Waals surface area contributed by atoms with Crippen molar-refractivity contribution in [3.63, 3.8) is 0 Å². The molecule has 5 rings (SSSR count). The molecular weight excluding hydrogens is 627 g/mol. The molecule has 0 spiro atoms. The van der Waals surface area contributed by atoms with Crippen LogP contribution in [0.25, 0.3) is 22.0 Å². The van der Waals surface area contributed by atoms with E-state index in [0.29, 0.717) is 45.2 Å². The van der Waals surface area contributed by atoms with Gasteiger partial charge >= 0.3 is 12.1 Å². The number of hydrogen-bond acceptors (Lipinski definition) is 10. The Hall–Kier alpha value is -4.36. The maximum atomic E-state index is 13.1. The average molecular weight is 656 g/mol. The molecule has 0 aliphatic rings. The number of aromatic nitrogens is 3. The van der Waals surface area contributed by atoms with Gasteiger partial charge in [0.15, 0.2) is 6.61 Å². The summed E-state index contributed by atoms with van der Waals surface area (Å²) >= 11 is 2.99. The molecule has 0 radical (unpaired) electrons. The van der Waals surface area contributed by atoms with E-state index in [4.69, 9.17) is 23.7 Å². The number of nitrogens with zero attached hydrogens (tertiary/aromatic N) is 3. The fourth-order valence-electron chi connectivity index (χ4n) is 4.16. The number of carbonyl (C=O) groups excluding carboxylic acids is 1. The fraction of sp³-hybridized carbons (Fsp3) is 0.250. The van der Waals surface area contributed by atoms with Gasteiger partial charge in [-0.3, -0.25) is 0 Å². The van der Waals surface area contributed by atoms with Crippen molar-refractivity contribution in [2.45, 2.75) is 44.2 Å². The topological polar surface area (TPSA) is 96.6 Å². The van der Waals surface area contributed by atoms with Crippen molar-refractivity contribution in [3.8, 4) is 33.5 Å². The summed E-state index contributed by atoms with van der Waals surface area (Å²) in [6, 6.07) is 17.9. The van der Waals surface area contributed by atoms with Crippen molar-refractivity contribution in [2.24, 2.45) is 0 Å². The highest BCUT2D eigenvalue weighted by atomic mass is 32.2. The van der Waals surface area contributed by atoms with Gasteiger partial charge in [0.25, 0.3) is 0 Å². The van der Waals surface area contributed by atoms with Gasteiger partial charge in [0, 0.05) is 33.6 Å². The van der Waals surface area contributed by atoms with Gasteiger partial charge in [-0.2, -0.15) is 18.2 Å². The Morgan fingerprint density at radius 1 is 0.956 bits per heavy atom. The Morgan fingerprint density at radius 3 is 2.33 bits per heavy atom. The van der Waals surface area contributed by atoms with Crippen LogP contribution in [0.5, 0.6) is 11.5 Å². The third-order valence-electron chi connectivity index (χ3n) is 6.42. The quantitative estimate of drug-likeness (QED) is 0.0971. The zero-order valence-electron chi connectivity index (χ0n) is 24.5. The van der Waals surface area contributed by atoms with Crippen LogP contribution in [0.4, 0.5) is 13.2 Å². The smallest absolute Gasteiger partial charge is 0.416 e. The highest BCUT2D eigenvalue weighted by Crippen LogP contribution is 2.36. The molecular formula is C32H28F3N3O5S2. The summed E-state index contributed by atoms with van der Waals surface area (Å²) in [5, 5.41) is 4.52. The number of rotatable bonds is 12. The second-order valence-corrected chi connectivity index (χ2v) is 11.9. The van der Waals surface area contributed by atoms with E-state index in [-0.39, 0.29) is 19.8 Å². The van der Waals surface area contributed by atoms with Crippen LogP contribution in [-0.2, 0) is 28.1 Å². The highest BCUT2D eigenvalue weighted by Gasteiger charge is 2.30. The van der Waals surface area contributed by atoms with E-state index in [1.54, 1.807) is 43.8 Å². The van der Waals surface area contributed by atoms with Crippen molar-refractivity contribution in [1.29, 1.82) is 0 Å². The largest absolute Gasteiger partial charge is 0.487 e. The molecule has 13 heteroatoms. The fourth-order valence-corrected chi connectivity index (χ4v) is 6.33. The summed E-state index contributed by atoms with van der Waals surface area (Å²) in [5.74, 6) is 2.26. The Morgan fingerprint density at radius 2 is 1.69 bits per heavy atom. The van der Waals surface area contributed by atoms with Gasteiger partial charge in [-0.15, -0.1) is 23.1 Å². The van der Waals surface area contributed by atoms with Crippen LogP contribution < -0.4 is 9.47 Å². The summed E-state index contributed by atoms with van der Waals surface area (Å²) < 4.78 is 61.0. The molecule has 5 aromatic rings. The minimum Gasteiger partial charge on any atom is -0.487 e. The SMILES string of the molecule is CCOC(=O)COc1ccc(SCc2sc(-c3ccc(C(F)(F)F)cc3)nc2COc2ccc(-c3noc(C)n3)cc2)cc1C. The maximum Gasteiger partial charge on any atom is 0.416 e. The van der Waals surface area contributed by atoms with Crippen LogP contribution in [0.3, 0.4) is 0 Å². The molecule has 0 unspecified atom stereocenters. The number of carbonyl (C=O) groups is 1. The number of benzene rings is 3.